The third kappa shape index (κ3) is 3.31. The highest BCUT2D eigenvalue weighted by Crippen LogP contribution is 2.32. The van der Waals surface area contributed by atoms with E-state index < -0.39 is 24.4 Å². The summed E-state index contributed by atoms with van der Waals surface area (Å²) in [5, 5.41) is 0. The first-order valence-electron chi connectivity index (χ1n) is 9.21. The molecule has 1 saturated heterocycles. The second-order valence-corrected chi connectivity index (χ2v) is 7.51. The van der Waals surface area contributed by atoms with Crippen LogP contribution in [0.2, 0.25) is 0 Å². The van der Waals surface area contributed by atoms with E-state index in [0.717, 1.165) is 22.5 Å². The molecule has 8 heteroatoms. The van der Waals surface area contributed by atoms with Crippen molar-refractivity contribution in [3.63, 3.8) is 0 Å². The number of anilines is 1. The lowest BCUT2D eigenvalue weighted by atomic mass is 9.93. The van der Waals surface area contributed by atoms with Crippen LogP contribution in [0, 0.1) is 19.8 Å². The number of aromatic nitrogens is 2. The van der Waals surface area contributed by atoms with Crippen LogP contribution in [0.5, 0.6) is 0 Å². The van der Waals surface area contributed by atoms with Crippen LogP contribution in [0.25, 0.3) is 0 Å². The number of halogens is 3. The molecule has 1 fully saturated rings. The molecule has 2 aromatic rings. The van der Waals surface area contributed by atoms with Crippen LogP contribution in [0.1, 0.15) is 34.6 Å². The number of hydrogen-bond acceptors (Lipinski definition) is 4. The van der Waals surface area contributed by atoms with Crippen LogP contribution in [0.3, 0.4) is 0 Å². The average Bonchev–Trinajstić information content (AvgIpc) is 3.04. The highest BCUT2D eigenvalue weighted by molar-refractivity contribution is 5.82. The number of carbonyl (C=O) groups is 1. The highest BCUT2D eigenvalue weighted by Gasteiger charge is 2.41. The first kappa shape index (κ1) is 18.7. The summed E-state index contributed by atoms with van der Waals surface area (Å²) in [4.78, 5) is 24.0. The van der Waals surface area contributed by atoms with Crippen molar-refractivity contribution in [2.45, 2.75) is 39.5 Å². The van der Waals surface area contributed by atoms with Crippen molar-refractivity contribution in [2.75, 3.05) is 18.0 Å². The zero-order valence-corrected chi connectivity index (χ0v) is 15.7. The quantitative estimate of drug-likeness (QED) is 0.804. The van der Waals surface area contributed by atoms with Crippen molar-refractivity contribution in [3.8, 4) is 0 Å². The molecular formula is C20H21F3N4O. The van der Waals surface area contributed by atoms with Crippen LogP contribution in [-0.4, -0.2) is 40.0 Å². The van der Waals surface area contributed by atoms with Gasteiger partial charge in [-0.1, -0.05) is 0 Å². The number of pyridine rings is 2. The maximum atomic E-state index is 14.8. The van der Waals surface area contributed by atoms with Gasteiger partial charge in [0.05, 0.1) is 12.2 Å². The van der Waals surface area contributed by atoms with Crippen LogP contribution < -0.4 is 4.90 Å². The predicted molar refractivity (Wildman–Crippen MR) is 97.8 cm³/mol. The predicted octanol–water partition coefficient (Wildman–Crippen LogP) is 3.35. The van der Waals surface area contributed by atoms with E-state index in [2.05, 4.69) is 9.97 Å². The fraction of sp³-hybridized carbons (Fsp3) is 0.450. The fourth-order valence-corrected chi connectivity index (χ4v) is 3.91. The number of alkyl halides is 3. The van der Waals surface area contributed by atoms with Gasteiger partial charge < -0.3 is 9.80 Å². The summed E-state index contributed by atoms with van der Waals surface area (Å²) in [5.74, 6) is -0.974. The van der Waals surface area contributed by atoms with E-state index in [4.69, 9.17) is 0 Å². The van der Waals surface area contributed by atoms with Crippen molar-refractivity contribution >= 4 is 11.6 Å². The van der Waals surface area contributed by atoms with E-state index in [1.807, 2.05) is 19.9 Å². The number of aryl methyl sites for hydroxylation is 2. The molecule has 2 aromatic heterocycles. The molecule has 0 saturated carbocycles. The van der Waals surface area contributed by atoms with Crippen LogP contribution in [-0.2, 0) is 17.9 Å². The third-order valence-electron chi connectivity index (χ3n) is 5.48. The van der Waals surface area contributed by atoms with Crippen molar-refractivity contribution in [1.29, 1.82) is 0 Å². The Labute approximate surface area is 161 Å². The lowest BCUT2D eigenvalue weighted by molar-refractivity contribution is -0.139. The van der Waals surface area contributed by atoms with Gasteiger partial charge in [0.15, 0.2) is 6.17 Å². The summed E-state index contributed by atoms with van der Waals surface area (Å²) in [7, 11) is 0. The summed E-state index contributed by atoms with van der Waals surface area (Å²) in [5.41, 5.74) is 4.06. The Bertz CT molecular complexity index is 914. The van der Waals surface area contributed by atoms with Gasteiger partial charge in [-0.3, -0.25) is 14.8 Å². The Hall–Kier alpha value is -2.64. The van der Waals surface area contributed by atoms with Crippen molar-refractivity contribution in [3.05, 3.63) is 52.6 Å². The smallest absolute Gasteiger partial charge is 0.280 e. The van der Waals surface area contributed by atoms with Gasteiger partial charge >= 0.3 is 0 Å². The second kappa shape index (κ2) is 7.07. The fourth-order valence-electron chi connectivity index (χ4n) is 3.91. The number of nitrogens with zero attached hydrogens (tertiary/aromatic N) is 4. The van der Waals surface area contributed by atoms with Gasteiger partial charge in [0.2, 0.25) is 0 Å². The minimum atomic E-state index is -2.65. The molecule has 28 heavy (non-hydrogen) atoms. The SMILES string of the molecule is Cc1cc(C)c2c(n1)CN(C(=O)C(F)C1CN(c3ccnc(C(F)F)c3)C1)C2. The summed E-state index contributed by atoms with van der Waals surface area (Å²) in [6, 6.07) is 4.89. The maximum absolute atomic E-state index is 14.8. The second-order valence-electron chi connectivity index (χ2n) is 7.51. The average molecular weight is 390 g/mol. The topological polar surface area (TPSA) is 49.3 Å². The molecule has 0 aliphatic carbocycles. The van der Waals surface area contributed by atoms with E-state index >= 15 is 0 Å². The Kier molecular flexibility index (Phi) is 4.72. The van der Waals surface area contributed by atoms with E-state index in [9.17, 15) is 18.0 Å². The molecular weight excluding hydrogens is 369 g/mol. The number of amides is 1. The molecule has 1 unspecified atom stereocenters. The normalized spacial score (nSPS) is 17.6. The summed E-state index contributed by atoms with van der Waals surface area (Å²) >= 11 is 0. The molecule has 4 heterocycles. The molecule has 0 spiro atoms. The lowest BCUT2D eigenvalue weighted by Crippen LogP contribution is -2.54. The minimum absolute atomic E-state index is 0.304. The molecule has 2 aliphatic heterocycles. The van der Waals surface area contributed by atoms with Crippen molar-refractivity contribution < 1.29 is 18.0 Å². The van der Waals surface area contributed by atoms with Gasteiger partial charge in [-0.25, -0.2) is 13.2 Å². The van der Waals surface area contributed by atoms with E-state index in [1.54, 1.807) is 11.0 Å². The molecule has 1 amide bonds. The monoisotopic (exact) mass is 390 g/mol. The minimum Gasteiger partial charge on any atom is -0.370 e. The van der Waals surface area contributed by atoms with E-state index in [0.29, 0.717) is 31.9 Å². The summed E-state index contributed by atoms with van der Waals surface area (Å²) < 4.78 is 40.4. The van der Waals surface area contributed by atoms with Crippen molar-refractivity contribution in [2.24, 2.45) is 5.92 Å². The molecule has 0 bridgehead atoms. The molecule has 1 atom stereocenters. The Morgan fingerprint density at radius 1 is 1.18 bits per heavy atom. The summed E-state index contributed by atoms with van der Waals surface area (Å²) in [6.45, 7) is 5.22. The number of fused-ring (bicyclic) bond motifs is 1. The molecule has 148 valence electrons. The van der Waals surface area contributed by atoms with Crippen LogP contribution in [0.4, 0.5) is 18.9 Å². The zero-order chi connectivity index (χ0) is 20.0. The molecule has 0 N–H and O–H groups in total. The van der Waals surface area contributed by atoms with Gasteiger partial charge in [0, 0.05) is 43.1 Å². The van der Waals surface area contributed by atoms with Crippen molar-refractivity contribution in [1.82, 2.24) is 14.9 Å². The van der Waals surface area contributed by atoms with Gasteiger partial charge in [-0.15, -0.1) is 0 Å². The summed E-state index contributed by atoms with van der Waals surface area (Å²) in [6.07, 6.45) is -2.94. The molecule has 5 nitrogen and oxygen atoms in total. The largest absolute Gasteiger partial charge is 0.370 e. The zero-order valence-electron chi connectivity index (χ0n) is 15.7. The first-order valence-corrected chi connectivity index (χ1v) is 9.21. The third-order valence-corrected chi connectivity index (χ3v) is 5.48. The first-order chi connectivity index (χ1) is 13.3. The number of rotatable bonds is 4. The standard InChI is InChI=1S/C20H21F3N4O/c1-11-5-12(2)25-17-10-27(9-15(11)17)20(28)18(21)13-7-26(8-13)14-3-4-24-16(6-14)19(22)23/h3-6,13,18-19H,7-10H2,1-2H3. The van der Waals surface area contributed by atoms with Gasteiger partial charge in [0.1, 0.15) is 5.69 Å². The van der Waals surface area contributed by atoms with Gasteiger partial charge in [-0.05, 0) is 43.2 Å². The lowest BCUT2D eigenvalue weighted by Gasteiger charge is -2.42. The molecule has 2 aliphatic rings. The molecule has 0 radical (unpaired) electrons. The van der Waals surface area contributed by atoms with Crippen LogP contribution in [0.15, 0.2) is 24.4 Å². The van der Waals surface area contributed by atoms with E-state index in [1.165, 1.54) is 17.2 Å². The molecule has 0 aromatic carbocycles. The number of carbonyl (C=O) groups excluding carboxylic acids is 1. The maximum Gasteiger partial charge on any atom is 0.280 e. The van der Waals surface area contributed by atoms with Gasteiger partial charge in [-0.2, -0.15) is 0 Å². The molecule has 4 rings (SSSR count). The Balaban J connectivity index is 1.38. The van der Waals surface area contributed by atoms with Gasteiger partial charge in [0.25, 0.3) is 12.3 Å². The number of hydrogen-bond donors (Lipinski definition) is 0. The highest BCUT2D eigenvalue weighted by atomic mass is 19.3. The van der Waals surface area contributed by atoms with E-state index in [-0.39, 0.29) is 5.69 Å². The Morgan fingerprint density at radius 3 is 2.64 bits per heavy atom. The van der Waals surface area contributed by atoms with Crippen LogP contribution >= 0.6 is 0 Å². The Morgan fingerprint density at radius 2 is 1.93 bits per heavy atom.